The molecular weight excluding hydrogens is 234 g/mol. The summed E-state index contributed by atoms with van der Waals surface area (Å²) in [6, 6.07) is 5.13. The van der Waals surface area contributed by atoms with Crippen molar-refractivity contribution in [2.45, 2.75) is 12.2 Å². The number of hydrogen-bond acceptors (Lipinski definition) is 3. The topological polar surface area (TPSA) is 53.4 Å². The van der Waals surface area contributed by atoms with E-state index in [-0.39, 0.29) is 0 Å². The van der Waals surface area contributed by atoms with E-state index in [4.69, 9.17) is 0 Å². The second-order valence-corrected chi connectivity index (χ2v) is 3.37. The van der Waals surface area contributed by atoms with Crippen LogP contribution in [0, 0.1) is 0 Å². The summed E-state index contributed by atoms with van der Waals surface area (Å²) in [5.41, 5.74) is 0.418. The Morgan fingerprint density at radius 1 is 1.46 bits per heavy atom. The van der Waals surface area contributed by atoms with E-state index in [0.29, 0.717) is 10.3 Å². The third kappa shape index (κ3) is 2.62. The third-order valence-corrected chi connectivity index (χ3v) is 2.05. The number of aliphatic hydroxyl groups is 2. The molecule has 0 fully saturated rings. The van der Waals surface area contributed by atoms with Crippen LogP contribution < -0.4 is 0 Å². The quantitative estimate of drug-likeness (QED) is 0.624. The molecule has 0 aromatic carbocycles. The highest BCUT2D eigenvalue weighted by atomic mass is 79.9. The molecule has 1 heterocycles. The molecular formula is C9H10BrNO2. The summed E-state index contributed by atoms with van der Waals surface area (Å²) in [4.78, 5) is 4.00. The van der Waals surface area contributed by atoms with E-state index in [0.717, 1.165) is 0 Å². The summed E-state index contributed by atoms with van der Waals surface area (Å²) in [7, 11) is 0. The van der Waals surface area contributed by atoms with Crippen LogP contribution in [0.1, 0.15) is 11.8 Å². The van der Waals surface area contributed by atoms with E-state index in [1.54, 1.807) is 18.2 Å². The van der Waals surface area contributed by atoms with Crippen molar-refractivity contribution in [1.82, 2.24) is 4.98 Å². The van der Waals surface area contributed by atoms with Gasteiger partial charge >= 0.3 is 0 Å². The summed E-state index contributed by atoms with van der Waals surface area (Å²) in [6.07, 6.45) is -0.732. The molecule has 2 N–H and O–H groups in total. The lowest BCUT2D eigenvalue weighted by molar-refractivity contribution is 0.0455. The van der Waals surface area contributed by atoms with Crippen LogP contribution in [-0.4, -0.2) is 21.3 Å². The highest BCUT2D eigenvalue weighted by Crippen LogP contribution is 2.17. The average Bonchev–Trinajstić information content (AvgIpc) is 2.15. The van der Waals surface area contributed by atoms with Crippen LogP contribution in [0.2, 0.25) is 0 Å². The van der Waals surface area contributed by atoms with Crippen molar-refractivity contribution in [3.63, 3.8) is 0 Å². The fourth-order valence-corrected chi connectivity index (χ4v) is 1.25. The Bertz CT molecular complexity index is 303. The smallest absolute Gasteiger partial charge is 0.125 e. The lowest BCUT2D eigenvalue weighted by atomic mass is 10.1. The van der Waals surface area contributed by atoms with Gasteiger partial charge in [0.15, 0.2) is 0 Å². The Balaban J connectivity index is 2.88. The van der Waals surface area contributed by atoms with Gasteiger partial charge in [-0.2, -0.15) is 0 Å². The van der Waals surface area contributed by atoms with Crippen molar-refractivity contribution in [3.05, 3.63) is 41.2 Å². The van der Waals surface area contributed by atoms with E-state index in [1.165, 1.54) is 6.08 Å². The lowest BCUT2D eigenvalue weighted by Gasteiger charge is -2.13. The van der Waals surface area contributed by atoms with E-state index < -0.39 is 12.2 Å². The van der Waals surface area contributed by atoms with Crippen molar-refractivity contribution in [2.75, 3.05) is 0 Å². The number of rotatable bonds is 3. The summed E-state index contributed by atoms with van der Waals surface area (Å²) >= 11 is 3.17. The molecule has 13 heavy (non-hydrogen) atoms. The molecule has 70 valence electrons. The highest BCUT2D eigenvalue weighted by Gasteiger charge is 2.16. The van der Waals surface area contributed by atoms with E-state index in [2.05, 4.69) is 27.5 Å². The van der Waals surface area contributed by atoms with Gasteiger partial charge in [-0.1, -0.05) is 12.1 Å². The summed E-state index contributed by atoms with van der Waals surface area (Å²) in [5, 5.41) is 18.8. The van der Waals surface area contributed by atoms with Crippen molar-refractivity contribution < 1.29 is 10.2 Å². The molecule has 0 saturated heterocycles. The molecule has 0 aliphatic carbocycles. The van der Waals surface area contributed by atoms with Gasteiger partial charge in [0.25, 0.3) is 0 Å². The predicted octanol–water partition coefficient (Wildman–Crippen LogP) is 1.42. The molecule has 1 aromatic rings. The Morgan fingerprint density at radius 3 is 2.69 bits per heavy atom. The normalized spacial score (nSPS) is 15.0. The van der Waals surface area contributed by atoms with Gasteiger partial charge in [-0.3, -0.25) is 0 Å². The maximum atomic E-state index is 9.51. The third-order valence-electron chi connectivity index (χ3n) is 1.60. The zero-order chi connectivity index (χ0) is 9.84. The Labute approximate surface area is 84.9 Å². The van der Waals surface area contributed by atoms with Crippen LogP contribution in [0.25, 0.3) is 0 Å². The van der Waals surface area contributed by atoms with E-state index >= 15 is 0 Å². The molecule has 3 nitrogen and oxygen atoms in total. The second-order valence-electron chi connectivity index (χ2n) is 2.56. The van der Waals surface area contributed by atoms with Crippen LogP contribution in [-0.2, 0) is 0 Å². The average molecular weight is 244 g/mol. The minimum atomic E-state index is -1.02. The van der Waals surface area contributed by atoms with Crippen LogP contribution in [0.3, 0.4) is 0 Å². The first-order valence-corrected chi connectivity index (χ1v) is 4.55. The molecule has 2 atom stereocenters. The second kappa shape index (κ2) is 4.50. The zero-order valence-electron chi connectivity index (χ0n) is 6.89. The minimum absolute atomic E-state index is 0.418. The first kappa shape index (κ1) is 10.4. The number of nitrogens with zero attached hydrogens (tertiary/aromatic N) is 1. The Kier molecular flexibility index (Phi) is 3.59. The molecule has 1 rings (SSSR count). The van der Waals surface area contributed by atoms with Gasteiger partial charge in [-0.15, -0.1) is 6.58 Å². The Hall–Kier alpha value is -0.710. The number of aliphatic hydroxyl groups excluding tert-OH is 2. The summed E-state index contributed by atoms with van der Waals surface area (Å²) < 4.78 is 0.625. The maximum Gasteiger partial charge on any atom is 0.125 e. The molecule has 0 aliphatic heterocycles. The van der Waals surface area contributed by atoms with Crippen molar-refractivity contribution >= 4 is 15.9 Å². The van der Waals surface area contributed by atoms with Gasteiger partial charge in [0, 0.05) is 0 Å². The van der Waals surface area contributed by atoms with Crippen LogP contribution in [0.15, 0.2) is 35.5 Å². The van der Waals surface area contributed by atoms with Gasteiger partial charge in [-0.25, -0.2) is 4.98 Å². The van der Waals surface area contributed by atoms with Gasteiger partial charge in [0.1, 0.15) is 16.8 Å². The van der Waals surface area contributed by atoms with Crippen molar-refractivity contribution in [1.29, 1.82) is 0 Å². The number of hydrogen-bond donors (Lipinski definition) is 2. The van der Waals surface area contributed by atoms with Crippen molar-refractivity contribution in [3.8, 4) is 0 Å². The fourth-order valence-electron chi connectivity index (χ4n) is 0.893. The van der Waals surface area contributed by atoms with Gasteiger partial charge < -0.3 is 10.2 Å². The zero-order valence-corrected chi connectivity index (χ0v) is 8.48. The molecule has 0 bridgehead atoms. The SMILES string of the molecule is C=CC(O)C(O)c1cccc(Br)n1. The Morgan fingerprint density at radius 2 is 2.15 bits per heavy atom. The first-order chi connectivity index (χ1) is 6.15. The van der Waals surface area contributed by atoms with E-state index in [9.17, 15) is 10.2 Å². The summed E-state index contributed by atoms with van der Waals surface area (Å²) in [6.45, 7) is 3.38. The fraction of sp³-hybridized carbons (Fsp3) is 0.222. The van der Waals surface area contributed by atoms with E-state index in [1.807, 2.05) is 0 Å². The molecule has 0 spiro atoms. The van der Waals surface area contributed by atoms with Crippen molar-refractivity contribution in [2.24, 2.45) is 0 Å². The van der Waals surface area contributed by atoms with Gasteiger partial charge in [-0.05, 0) is 28.1 Å². The largest absolute Gasteiger partial charge is 0.386 e. The maximum absolute atomic E-state index is 9.51. The van der Waals surface area contributed by atoms with Gasteiger partial charge in [0.05, 0.1) is 5.69 Å². The summed E-state index contributed by atoms with van der Waals surface area (Å²) in [5.74, 6) is 0. The molecule has 0 saturated carbocycles. The number of halogens is 1. The molecule has 0 aliphatic rings. The number of aromatic nitrogens is 1. The van der Waals surface area contributed by atoms with Crippen LogP contribution in [0.5, 0.6) is 0 Å². The standard InChI is InChI=1S/C9H10BrNO2/c1-2-7(12)9(13)6-4-3-5-8(10)11-6/h2-5,7,9,12-13H,1H2. The van der Waals surface area contributed by atoms with Gasteiger partial charge in [0.2, 0.25) is 0 Å². The number of pyridine rings is 1. The predicted molar refractivity (Wildman–Crippen MR) is 53.1 cm³/mol. The van der Waals surface area contributed by atoms with Crippen LogP contribution >= 0.6 is 15.9 Å². The molecule has 2 unspecified atom stereocenters. The highest BCUT2D eigenvalue weighted by molar-refractivity contribution is 9.10. The van der Waals surface area contributed by atoms with Crippen LogP contribution in [0.4, 0.5) is 0 Å². The molecule has 0 radical (unpaired) electrons. The first-order valence-electron chi connectivity index (χ1n) is 3.76. The lowest BCUT2D eigenvalue weighted by Crippen LogP contribution is -2.16. The molecule has 0 amide bonds. The minimum Gasteiger partial charge on any atom is -0.386 e. The molecule has 4 heteroatoms. The molecule has 1 aromatic heterocycles. The monoisotopic (exact) mass is 243 g/mol.